The van der Waals surface area contributed by atoms with Gasteiger partial charge in [0.15, 0.2) is 0 Å². The predicted molar refractivity (Wildman–Crippen MR) is 131 cm³/mol. The molecule has 0 radical (unpaired) electrons. The second kappa shape index (κ2) is 9.11. The van der Waals surface area contributed by atoms with E-state index >= 15 is 0 Å². The van der Waals surface area contributed by atoms with Gasteiger partial charge in [-0.25, -0.2) is 4.98 Å². The highest BCUT2D eigenvalue weighted by Gasteiger charge is 2.33. The summed E-state index contributed by atoms with van der Waals surface area (Å²) in [6.45, 7) is 3.43. The molecule has 7 heteroatoms. The number of hydrogen-bond donors (Lipinski definition) is 0. The standard InChI is InChI=1S/C24H25Cl4N3/c25-17-7-6-15(10-18(17)26)11-24-29-21-12-19(27)20(28)13-23(21)31(24)14-16-4-3-9-30-8-2-1-5-22(16)30/h6-7,10,12-13,16,22H,1-5,8-9,11,14H2/t16-,22?/m1/s1. The Labute approximate surface area is 203 Å². The molecule has 31 heavy (non-hydrogen) atoms. The SMILES string of the molecule is Clc1ccc(Cc2nc3cc(Cl)c(Cl)cc3n2C[C@H]2CCCN3CCCCC23)cc1Cl. The zero-order valence-corrected chi connectivity index (χ0v) is 20.3. The molecule has 1 unspecified atom stereocenters. The minimum absolute atomic E-state index is 0.538. The van der Waals surface area contributed by atoms with E-state index in [2.05, 4.69) is 9.47 Å². The predicted octanol–water partition coefficient (Wildman–Crippen LogP) is 7.51. The van der Waals surface area contributed by atoms with E-state index in [4.69, 9.17) is 51.4 Å². The summed E-state index contributed by atoms with van der Waals surface area (Å²) in [7, 11) is 0. The molecule has 2 aliphatic rings. The number of fused-ring (bicyclic) bond motifs is 2. The Hall–Kier alpha value is -0.970. The van der Waals surface area contributed by atoms with Crippen molar-refractivity contribution in [1.82, 2.24) is 14.5 Å². The van der Waals surface area contributed by atoms with Gasteiger partial charge in [0.1, 0.15) is 5.82 Å². The molecule has 0 N–H and O–H groups in total. The number of benzene rings is 2. The van der Waals surface area contributed by atoms with Gasteiger partial charge in [0.05, 0.1) is 31.1 Å². The maximum Gasteiger partial charge on any atom is 0.114 e. The van der Waals surface area contributed by atoms with Crippen molar-refractivity contribution in [3.63, 3.8) is 0 Å². The van der Waals surface area contributed by atoms with Crippen LogP contribution < -0.4 is 0 Å². The first kappa shape index (κ1) is 21.9. The molecule has 164 valence electrons. The molecule has 0 aliphatic carbocycles. The highest BCUT2D eigenvalue weighted by atomic mass is 35.5. The topological polar surface area (TPSA) is 21.1 Å². The lowest BCUT2D eigenvalue weighted by molar-refractivity contribution is 0.0521. The average Bonchev–Trinajstić information content (AvgIpc) is 3.07. The maximum absolute atomic E-state index is 6.41. The number of piperidine rings is 2. The summed E-state index contributed by atoms with van der Waals surface area (Å²) in [6.07, 6.45) is 7.17. The van der Waals surface area contributed by atoms with Crippen molar-refractivity contribution in [2.24, 2.45) is 5.92 Å². The van der Waals surface area contributed by atoms with Crippen LogP contribution in [0.15, 0.2) is 30.3 Å². The van der Waals surface area contributed by atoms with Crippen LogP contribution in [-0.4, -0.2) is 33.6 Å². The van der Waals surface area contributed by atoms with E-state index in [1.165, 1.54) is 45.2 Å². The first-order valence-electron chi connectivity index (χ1n) is 11.0. The first-order valence-corrected chi connectivity index (χ1v) is 12.5. The Bertz CT molecular complexity index is 1110. The van der Waals surface area contributed by atoms with Gasteiger partial charge in [-0.3, -0.25) is 0 Å². The van der Waals surface area contributed by atoms with E-state index in [1.54, 1.807) is 0 Å². The molecule has 0 saturated carbocycles. The molecule has 2 aromatic carbocycles. The number of imidazole rings is 1. The van der Waals surface area contributed by atoms with Crippen LogP contribution in [0.2, 0.25) is 20.1 Å². The molecule has 2 aliphatic heterocycles. The van der Waals surface area contributed by atoms with Crippen molar-refractivity contribution in [2.45, 2.75) is 51.1 Å². The van der Waals surface area contributed by atoms with Gasteiger partial charge < -0.3 is 9.47 Å². The average molecular weight is 497 g/mol. The van der Waals surface area contributed by atoms with Crippen LogP contribution in [0.4, 0.5) is 0 Å². The number of hydrogen-bond acceptors (Lipinski definition) is 2. The monoisotopic (exact) mass is 495 g/mol. The maximum atomic E-state index is 6.41. The molecule has 3 aromatic rings. The van der Waals surface area contributed by atoms with Crippen LogP contribution in [0, 0.1) is 5.92 Å². The fourth-order valence-electron chi connectivity index (χ4n) is 5.37. The van der Waals surface area contributed by atoms with Crippen LogP contribution in [0.3, 0.4) is 0 Å². The van der Waals surface area contributed by atoms with Gasteiger partial charge in [0, 0.05) is 19.0 Å². The zero-order valence-electron chi connectivity index (χ0n) is 17.3. The molecule has 3 nitrogen and oxygen atoms in total. The third-order valence-electron chi connectivity index (χ3n) is 6.86. The fraction of sp³-hybridized carbons (Fsp3) is 0.458. The highest BCUT2D eigenvalue weighted by Crippen LogP contribution is 2.35. The fourth-order valence-corrected chi connectivity index (χ4v) is 6.00. The van der Waals surface area contributed by atoms with Gasteiger partial charge >= 0.3 is 0 Å². The Morgan fingerprint density at radius 3 is 2.45 bits per heavy atom. The van der Waals surface area contributed by atoms with Crippen LogP contribution in [0.5, 0.6) is 0 Å². The smallest absolute Gasteiger partial charge is 0.114 e. The summed E-state index contributed by atoms with van der Waals surface area (Å²) in [5, 5.41) is 2.24. The third-order valence-corrected chi connectivity index (χ3v) is 8.32. The lowest BCUT2D eigenvalue weighted by Crippen LogP contribution is -2.49. The summed E-state index contributed by atoms with van der Waals surface area (Å²) in [5.41, 5.74) is 3.03. The van der Waals surface area contributed by atoms with E-state index < -0.39 is 0 Å². The van der Waals surface area contributed by atoms with E-state index in [0.29, 0.717) is 38.5 Å². The number of halogens is 4. The Kier molecular flexibility index (Phi) is 6.42. The molecule has 2 saturated heterocycles. The van der Waals surface area contributed by atoms with Crippen molar-refractivity contribution in [1.29, 1.82) is 0 Å². The van der Waals surface area contributed by atoms with Crippen molar-refractivity contribution >= 4 is 57.4 Å². The quantitative estimate of drug-likeness (QED) is 0.372. The summed E-state index contributed by atoms with van der Waals surface area (Å²) in [4.78, 5) is 7.67. The summed E-state index contributed by atoms with van der Waals surface area (Å²) in [5.74, 6) is 1.63. The highest BCUT2D eigenvalue weighted by molar-refractivity contribution is 6.43. The Morgan fingerprint density at radius 2 is 1.61 bits per heavy atom. The number of aromatic nitrogens is 2. The van der Waals surface area contributed by atoms with E-state index in [-0.39, 0.29) is 0 Å². The molecular weight excluding hydrogens is 472 g/mol. The molecular formula is C24H25Cl4N3. The van der Waals surface area contributed by atoms with Crippen molar-refractivity contribution in [3.8, 4) is 0 Å². The van der Waals surface area contributed by atoms with Gasteiger partial charge in [-0.05, 0) is 74.5 Å². The second-order valence-corrected chi connectivity index (χ2v) is 10.4. The normalized spacial score (nSPS) is 22.1. The zero-order chi connectivity index (χ0) is 21.5. The Balaban J connectivity index is 1.53. The van der Waals surface area contributed by atoms with Gasteiger partial charge in [0.25, 0.3) is 0 Å². The summed E-state index contributed by atoms with van der Waals surface area (Å²) in [6, 6.07) is 10.3. The third kappa shape index (κ3) is 4.45. The van der Waals surface area contributed by atoms with Crippen molar-refractivity contribution in [2.75, 3.05) is 13.1 Å². The Morgan fingerprint density at radius 1 is 0.839 bits per heavy atom. The van der Waals surface area contributed by atoms with E-state index in [1.807, 2.05) is 30.3 Å². The molecule has 0 spiro atoms. The largest absolute Gasteiger partial charge is 0.327 e. The van der Waals surface area contributed by atoms with Crippen LogP contribution in [0.1, 0.15) is 43.5 Å². The second-order valence-electron chi connectivity index (χ2n) is 8.82. The van der Waals surface area contributed by atoms with Crippen molar-refractivity contribution in [3.05, 3.63) is 61.8 Å². The van der Waals surface area contributed by atoms with Gasteiger partial charge in [0.2, 0.25) is 0 Å². The lowest BCUT2D eigenvalue weighted by atomic mass is 9.83. The molecule has 5 rings (SSSR count). The van der Waals surface area contributed by atoms with E-state index in [0.717, 1.165) is 29.0 Å². The molecule has 1 aromatic heterocycles. The van der Waals surface area contributed by atoms with Gasteiger partial charge in [-0.1, -0.05) is 58.9 Å². The van der Waals surface area contributed by atoms with Crippen LogP contribution in [0.25, 0.3) is 11.0 Å². The van der Waals surface area contributed by atoms with Crippen molar-refractivity contribution < 1.29 is 0 Å². The van der Waals surface area contributed by atoms with Gasteiger partial charge in [-0.15, -0.1) is 0 Å². The van der Waals surface area contributed by atoms with Gasteiger partial charge in [-0.2, -0.15) is 0 Å². The van der Waals surface area contributed by atoms with Crippen LogP contribution in [-0.2, 0) is 13.0 Å². The molecule has 2 atom stereocenters. The summed E-state index contributed by atoms with van der Waals surface area (Å²) < 4.78 is 2.36. The molecule has 3 heterocycles. The first-order chi connectivity index (χ1) is 15.0. The number of rotatable bonds is 4. The molecule has 0 bridgehead atoms. The lowest BCUT2D eigenvalue weighted by Gasteiger charge is -2.44. The molecule has 2 fully saturated rings. The summed E-state index contributed by atoms with van der Waals surface area (Å²) >= 11 is 25.1. The minimum atomic E-state index is 0.538. The minimum Gasteiger partial charge on any atom is -0.327 e. The van der Waals surface area contributed by atoms with E-state index in [9.17, 15) is 0 Å². The number of nitrogens with zero attached hydrogens (tertiary/aromatic N) is 3. The molecule has 0 amide bonds. The van der Waals surface area contributed by atoms with Crippen LogP contribution >= 0.6 is 46.4 Å².